The summed E-state index contributed by atoms with van der Waals surface area (Å²) < 4.78 is 45.2. The first kappa shape index (κ1) is 20.7. The highest BCUT2D eigenvalue weighted by Gasteiger charge is 2.47. The first-order valence-electron chi connectivity index (χ1n) is 7.93. The van der Waals surface area contributed by atoms with Crippen LogP contribution < -0.4 is 0 Å². The quantitative estimate of drug-likeness (QED) is 0.508. The van der Waals surface area contributed by atoms with E-state index in [1.54, 1.807) is 6.66 Å². The Morgan fingerprint density at radius 2 is 2.12 bits per heavy atom. The van der Waals surface area contributed by atoms with Crippen molar-refractivity contribution in [3.05, 3.63) is 35.4 Å². The number of alkyl halides is 4. The van der Waals surface area contributed by atoms with Gasteiger partial charge in [-0.15, -0.1) is 11.6 Å². The van der Waals surface area contributed by atoms with Crippen LogP contribution in [0.5, 0.6) is 0 Å². The van der Waals surface area contributed by atoms with Crippen LogP contribution in [0.4, 0.5) is 18.0 Å². The molecule has 0 N–H and O–H groups in total. The van der Waals surface area contributed by atoms with Crippen molar-refractivity contribution in [3.63, 3.8) is 0 Å². The van der Waals surface area contributed by atoms with Crippen molar-refractivity contribution in [2.75, 3.05) is 19.2 Å². The number of ether oxygens (including phenoxy) is 1. The van der Waals surface area contributed by atoms with Crippen molar-refractivity contribution in [1.29, 1.82) is 0 Å². The van der Waals surface area contributed by atoms with Gasteiger partial charge >= 0.3 is 12.3 Å². The summed E-state index contributed by atoms with van der Waals surface area (Å²) in [5.41, 5.74) is -1.04. The van der Waals surface area contributed by atoms with Crippen molar-refractivity contribution >= 4 is 37.4 Å². The standard InChI is InChI=1S/C17H19ClF3NO3P/c1-26(2)14-10-25-16(24)22(14)15(23)12(7-5-9-18)11-6-3-4-8-13(11)17(19,20)21/h3-4,6,8,12,14H,1,5,7,9-10H2,2H3/q+1. The number of nitrogens with zero attached hydrogens (tertiary/aromatic N) is 1. The molecule has 26 heavy (non-hydrogen) atoms. The Balaban J connectivity index is 2.47. The molecule has 1 aliphatic heterocycles. The van der Waals surface area contributed by atoms with Crippen LogP contribution in [-0.2, 0) is 15.7 Å². The zero-order valence-electron chi connectivity index (χ0n) is 14.1. The molecule has 142 valence electrons. The van der Waals surface area contributed by atoms with Gasteiger partial charge in [0.1, 0.15) is 7.55 Å². The molecule has 0 aromatic heterocycles. The molecule has 0 saturated carbocycles. The molecule has 3 unspecified atom stereocenters. The molecule has 1 saturated heterocycles. The summed E-state index contributed by atoms with van der Waals surface area (Å²) in [6.45, 7) is 1.79. The Bertz CT molecular complexity index is 711. The highest BCUT2D eigenvalue weighted by molar-refractivity contribution is 7.55. The number of carbonyl (C=O) groups excluding carboxylic acids is 2. The number of hydrogen-bond acceptors (Lipinski definition) is 3. The Hall–Kier alpha value is -1.59. The Labute approximate surface area is 155 Å². The fourth-order valence-electron chi connectivity index (χ4n) is 2.89. The molecule has 1 aliphatic rings. The van der Waals surface area contributed by atoms with E-state index >= 15 is 0 Å². The summed E-state index contributed by atoms with van der Waals surface area (Å²) in [5, 5.41) is 0. The molecule has 0 aliphatic carbocycles. The Kier molecular flexibility index (Phi) is 6.69. The van der Waals surface area contributed by atoms with Crippen molar-refractivity contribution in [3.8, 4) is 0 Å². The maximum atomic E-state index is 13.4. The van der Waals surface area contributed by atoms with E-state index in [1.165, 1.54) is 18.2 Å². The van der Waals surface area contributed by atoms with Gasteiger partial charge < -0.3 is 4.74 Å². The lowest BCUT2D eigenvalue weighted by atomic mass is 9.89. The number of cyclic esters (lactones) is 1. The van der Waals surface area contributed by atoms with Crippen LogP contribution in [-0.4, -0.2) is 48.1 Å². The van der Waals surface area contributed by atoms with Gasteiger partial charge in [0.05, 0.1) is 24.4 Å². The maximum absolute atomic E-state index is 13.4. The van der Waals surface area contributed by atoms with Crippen molar-refractivity contribution in [2.45, 2.75) is 30.7 Å². The van der Waals surface area contributed by atoms with Gasteiger partial charge in [0.15, 0.2) is 6.61 Å². The van der Waals surface area contributed by atoms with E-state index in [9.17, 15) is 22.8 Å². The Morgan fingerprint density at radius 1 is 1.46 bits per heavy atom. The normalized spacial score (nSPS) is 19.3. The second kappa shape index (κ2) is 8.40. The third-order valence-electron chi connectivity index (χ3n) is 4.16. The minimum Gasteiger partial charge on any atom is -0.442 e. The molecule has 2 amide bonds. The van der Waals surface area contributed by atoms with E-state index in [0.717, 1.165) is 11.0 Å². The van der Waals surface area contributed by atoms with Gasteiger partial charge in [0.2, 0.25) is 11.7 Å². The van der Waals surface area contributed by atoms with E-state index in [0.29, 0.717) is 6.42 Å². The van der Waals surface area contributed by atoms with Crippen LogP contribution in [0.25, 0.3) is 0 Å². The first-order valence-corrected chi connectivity index (χ1v) is 10.5. The first-order chi connectivity index (χ1) is 12.2. The van der Waals surface area contributed by atoms with Crippen LogP contribution in [0.2, 0.25) is 0 Å². The van der Waals surface area contributed by atoms with E-state index in [-0.39, 0.29) is 24.5 Å². The van der Waals surface area contributed by atoms with Crippen molar-refractivity contribution < 1.29 is 27.5 Å². The van der Waals surface area contributed by atoms with E-state index < -0.39 is 43.0 Å². The number of carbonyl (C=O) groups is 2. The minimum atomic E-state index is -4.61. The zero-order valence-corrected chi connectivity index (χ0v) is 15.8. The average molecular weight is 409 g/mol. The zero-order chi connectivity index (χ0) is 19.5. The lowest BCUT2D eigenvalue weighted by Crippen LogP contribution is -2.40. The molecule has 1 fully saturated rings. The SMILES string of the molecule is C=[P+](C)C1COC(=O)N1C(=O)C(CCCCl)c1ccccc1C(F)(F)F. The molecule has 0 radical (unpaired) electrons. The molecule has 0 spiro atoms. The predicted molar refractivity (Wildman–Crippen MR) is 96.1 cm³/mol. The molecule has 3 atom stereocenters. The summed E-state index contributed by atoms with van der Waals surface area (Å²) in [6, 6.07) is 4.92. The van der Waals surface area contributed by atoms with Gasteiger partial charge in [-0.1, -0.05) is 18.2 Å². The van der Waals surface area contributed by atoms with Crippen LogP contribution in [0, 0.1) is 0 Å². The molecule has 1 aromatic rings. The highest BCUT2D eigenvalue weighted by Crippen LogP contribution is 2.39. The van der Waals surface area contributed by atoms with Gasteiger partial charge in [0.25, 0.3) is 0 Å². The highest BCUT2D eigenvalue weighted by atomic mass is 35.5. The third kappa shape index (κ3) is 4.38. The summed E-state index contributed by atoms with van der Waals surface area (Å²) in [7, 11) is -0.976. The largest absolute Gasteiger partial charge is 0.442 e. The predicted octanol–water partition coefficient (Wildman–Crippen LogP) is 4.66. The molecule has 4 nitrogen and oxygen atoms in total. The summed E-state index contributed by atoms with van der Waals surface area (Å²) in [4.78, 5) is 26.0. The van der Waals surface area contributed by atoms with Crippen LogP contribution in [0.1, 0.15) is 29.9 Å². The van der Waals surface area contributed by atoms with Gasteiger partial charge in [-0.05, 0) is 24.5 Å². The maximum Gasteiger partial charge on any atom is 0.420 e. The van der Waals surface area contributed by atoms with Gasteiger partial charge in [-0.3, -0.25) is 4.79 Å². The number of benzene rings is 1. The van der Waals surface area contributed by atoms with Crippen LogP contribution >= 0.6 is 19.1 Å². The number of hydrogen-bond donors (Lipinski definition) is 0. The van der Waals surface area contributed by atoms with E-state index in [1.807, 2.05) is 0 Å². The molecule has 9 heteroatoms. The summed E-state index contributed by atoms with van der Waals surface area (Å²) >= 11 is 5.69. The number of rotatable bonds is 6. The second-order valence-corrected chi connectivity index (χ2v) is 8.48. The second-order valence-electron chi connectivity index (χ2n) is 5.99. The lowest BCUT2D eigenvalue weighted by Gasteiger charge is -2.24. The fourth-order valence-corrected chi connectivity index (χ4v) is 3.98. The van der Waals surface area contributed by atoms with Crippen molar-refractivity contribution in [2.24, 2.45) is 0 Å². The molecular formula is C17H19ClF3NO3P+. The van der Waals surface area contributed by atoms with Gasteiger partial charge in [0, 0.05) is 5.88 Å². The number of imide groups is 1. The van der Waals surface area contributed by atoms with E-state index in [4.69, 9.17) is 16.3 Å². The Morgan fingerprint density at radius 3 is 2.69 bits per heavy atom. The fraction of sp³-hybridized carbons (Fsp3) is 0.471. The lowest BCUT2D eigenvalue weighted by molar-refractivity contribution is -0.139. The van der Waals surface area contributed by atoms with Crippen LogP contribution in [0.3, 0.4) is 0 Å². The van der Waals surface area contributed by atoms with Crippen molar-refractivity contribution in [1.82, 2.24) is 4.90 Å². The average Bonchev–Trinajstić information content (AvgIpc) is 2.96. The van der Waals surface area contributed by atoms with Gasteiger partial charge in [-0.25, -0.2) is 4.79 Å². The summed E-state index contributed by atoms with van der Waals surface area (Å²) in [6.07, 6.45) is -1.13. The smallest absolute Gasteiger partial charge is 0.420 e. The monoisotopic (exact) mass is 408 g/mol. The molecule has 0 bridgehead atoms. The molecule has 1 aromatic carbocycles. The molecule has 2 rings (SSSR count). The topological polar surface area (TPSA) is 46.6 Å². The van der Waals surface area contributed by atoms with E-state index in [2.05, 4.69) is 6.30 Å². The summed E-state index contributed by atoms with van der Waals surface area (Å²) in [5.74, 6) is -2.17. The van der Waals surface area contributed by atoms with Gasteiger partial charge in [-0.2, -0.15) is 18.1 Å². The molecule has 1 heterocycles. The van der Waals surface area contributed by atoms with Crippen LogP contribution in [0.15, 0.2) is 24.3 Å². The number of halogens is 4. The number of amides is 2. The third-order valence-corrected chi connectivity index (χ3v) is 5.83. The minimum absolute atomic E-state index is 0.0133. The molecular weight excluding hydrogens is 390 g/mol.